The fraction of sp³-hybridized carbons (Fsp3) is 0.562. The van der Waals surface area contributed by atoms with Gasteiger partial charge >= 0.3 is 0 Å². The van der Waals surface area contributed by atoms with Crippen molar-refractivity contribution in [3.8, 4) is 0 Å². The molecule has 4 heteroatoms. The van der Waals surface area contributed by atoms with Crippen LogP contribution in [-0.2, 0) is 22.4 Å². The van der Waals surface area contributed by atoms with Crippen LogP contribution in [0.3, 0.4) is 0 Å². The predicted octanol–water partition coefficient (Wildman–Crippen LogP) is 1.26. The number of aliphatic hydroxyl groups excluding tert-OH is 1. The van der Waals surface area contributed by atoms with Crippen LogP contribution in [0.2, 0.25) is 0 Å². The van der Waals surface area contributed by atoms with Crippen LogP contribution >= 0.6 is 0 Å². The minimum atomic E-state index is 0.185. The van der Waals surface area contributed by atoms with Gasteiger partial charge in [0.25, 0.3) is 0 Å². The van der Waals surface area contributed by atoms with Crippen LogP contribution in [0.1, 0.15) is 17.5 Å². The Kier molecular flexibility index (Phi) is 5.56. The molecule has 1 amide bonds. The van der Waals surface area contributed by atoms with Gasteiger partial charge in [-0.2, -0.15) is 0 Å². The topological polar surface area (TPSA) is 49.8 Å². The quantitative estimate of drug-likeness (QED) is 0.816. The molecule has 2 rings (SSSR count). The first kappa shape index (κ1) is 15.0. The van der Waals surface area contributed by atoms with Gasteiger partial charge in [-0.3, -0.25) is 4.79 Å². The summed E-state index contributed by atoms with van der Waals surface area (Å²) in [4.78, 5) is 13.8. The van der Waals surface area contributed by atoms with Crippen molar-refractivity contribution in [1.82, 2.24) is 4.90 Å². The molecule has 1 N–H and O–H groups in total. The molecule has 0 bridgehead atoms. The van der Waals surface area contributed by atoms with Gasteiger partial charge < -0.3 is 14.7 Å². The van der Waals surface area contributed by atoms with Crippen molar-refractivity contribution < 1.29 is 14.6 Å². The largest absolute Gasteiger partial charge is 0.396 e. The second kappa shape index (κ2) is 7.41. The van der Waals surface area contributed by atoms with Gasteiger partial charge in [0.15, 0.2) is 0 Å². The smallest absolute Gasteiger partial charge is 0.223 e. The number of ether oxygens (including phenoxy) is 1. The van der Waals surface area contributed by atoms with Crippen molar-refractivity contribution in [3.05, 3.63) is 35.4 Å². The predicted molar refractivity (Wildman–Crippen MR) is 77.5 cm³/mol. The molecule has 1 saturated heterocycles. The van der Waals surface area contributed by atoms with E-state index in [1.54, 1.807) is 7.11 Å². The molecule has 0 aromatic heterocycles. The molecule has 0 saturated carbocycles. The van der Waals surface area contributed by atoms with Crippen molar-refractivity contribution in [1.29, 1.82) is 0 Å². The van der Waals surface area contributed by atoms with Gasteiger partial charge in [0.1, 0.15) is 0 Å². The van der Waals surface area contributed by atoms with Crippen LogP contribution in [0.25, 0.3) is 0 Å². The minimum absolute atomic E-state index is 0.185. The number of aliphatic hydroxyl groups is 1. The molecule has 4 nitrogen and oxygen atoms in total. The monoisotopic (exact) mass is 277 g/mol. The van der Waals surface area contributed by atoms with Gasteiger partial charge in [-0.15, -0.1) is 0 Å². The molecular formula is C16H23NO3. The third kappa shape index (κ3) is 4.05. The second-order valence-electron chi connectivity index (χ2n) is 5.40. The molecule has 20 heavy (non-hydrogen) atoms. The average Bonchev–Trinajstić information content (AvgIpc) is 2.79. The Morgan fingerprint density at radius 1 is 1.30 bits per heavy atom. The van der Waals surface area contributed by atoms with E-state index in [2.05, 4.69) is 24.3 Å². The molecule has 110 valence electrons. The third-order valence-electron chi connectivity index (χ3n) is 3.81. The number of likely N-dealkylation sites (tertiary alicyclic amines) is 1. The van der Waals surface area contributed by atoms with Gasteiger partial charge in [0.05, 0.1) is 6.61 Å². The van der Waals surface area contributed by atoms with Crippen molar-refractivity contribution >= 4 is 5.91 Å². The second-order valence-corrected chi connectivity index (χ2v) is 5.40. The van der Waals surface area contributed by atoms with Gasteiger partial charge in [-0.1, -0.05) is 24.3 Å². The summed E-state index contributed by atoms with van der Waals surface area (Å²) < 4.78 is 5.03. The Bertz CT molecular complexity index is 430. The number of methoxy groups -OCH3 is 1. The van der Waals surface area contributed by atoms with Crippen molar-refractivity contribution in [2.75, 3.05) is 33.4 Å². The van der Waals surface area contributed by atoms with Gasteiger partial charge in [0.2, 0.25) is 5.91 Å². The van der Waals surface area contributed by atoms with Crippen LogP contribution < -0.4 is 0 Å². The minimum Gasteiger partial charge on any atom is -0.396 e. The van der Waals surface area contributed by atoms with Gasteiger partial charge in [-0.25, -0.2) is 0 Å². The molecular weight excluding hydrogens is 254 g/mol. The maximum atomic E-state index is 11.9. The first-order valence-electron chi connectivity index (χ1n) is 7.18. The SMILES string of the molecule is COCCN1C[C@@H](Cc2ccc(CCO)cc2)CC1=O. The summed E-state index contributed by atoms with van der Waals surface area (Å²) in [5.41, 5.74) is 2.42. The summed E-state index contributed by atoms with van der Waals surface area (Å²) in [6.07, 6.45) is 2.28. The number of rotatable bonds is 7. The molecule has 0 unspecified atom stereocenters. The molecule has 0 radical (unpaired) electrons. The van der Waals surface area contributed by atoms with Crippen LogP contribution in [0.5, 0.6) is 0 Å². The Morgan fingerprint density at radius 2 is 2.00 bits per heavy atom. The first-order valence-corrected chi connectivity index (χ1v) is 7.18. The van der Waals surface area contributed by atoms with Crippen molar-refractivity contribution in [2.45, 2.75) is 19.3 Å². The number of nitrogens with zero attached hydrogens (tertiary/aromatic N) is 1. The van der Waals surface area contributed by atoms with Crippen LogP contribution in [-0.4, -0.2) is 49.3 Å². The van der Waals surface area contributed by atoms with E-state index in [0.29, 0.717) is 31.9 Å². The number of hydrogen-bond acceptors (Lipinski definition) is 3. The Balaban J connectivity index is 1.86. The van der Waals surface area contributed by atoms with Crippen molar-refractivity contribution in [3.63, 3.8) is 0 Å². The Hall–Kier alpha value is -1.39. The number of benzene rings is 1. The first-order chi connectivity index (χ1) is 9.72. The van der Waals surface area contributed by atoms with E-state index < -0.39 is 0 Å². The number of hydrogen-bond donors (Lipinski definition) is 1. The van der Waals surface area contributed by atoms with E-state index in [-0.39, 0.29) is 12.5 Å². The summed E-state index contributed by atoms with van der Waals surface area (Å²) in [7, 11) is 1.66. The maximum Gasteiger partial charge on any atom is 0.223 e. The molecule has 1 aliphatic heterocycles. The zero-order chi connectivity index (χ0) is 14.4. The van der Waals surface area contributed by atoms with E-state index in [9.17, 15) is 4.79 Å². The number of carbonyl (C=O) groups is 1. The number of carbonyl (C=O) groups excluding carboxylic acids is 1. The molecule has 1 aromatic rings. The fourth-order valence-electron chi connectivity index (χ4n) is 2.71. The highest BCUT2D eigenvalue weighted by atomic mass is 16.5. The van der Waals surface area contributed by atoms with E-state index in [4.69, 9.17) is 9.84 Å². The van der Waals surface area contributed by atoms with E-state index >= 15 is 0 Å². The highest BCUT2D eigenvalue weighted by Gasteiger charge is 2.28. The fourth-order valence-corrected chi connectivity index (χ4v) is 2.71. The third-order valence-corrected chi connectivity index (χ3v) is 3.81. The summed E-state index contributed by atoms with van der Waals surface area (Å²) >= 11 is 0. The van der Waals surface area contributed by atoms with Crippen LogP contribution in [0.15, 0.2) is 24.3 Å². The lowest BCUT2D eigenvalue weighted by atomic mass is 9.97. The van der Waals surface area contributed by atoms with Crippen molar-refractivity contribution in [2.24, 2.45) is 5.92 Å². The highest BCUT2D eigenvalue weighted by molar-refractivity contribution is 5.78. The lowest BCUT2D eigenvalue weighted by Crippen LogP contribution is -2.28. The standard InChI is InChI=1S/C16H23NO3/c1-20-9-7-17-12-15(11-16(17)19)10-14-4-2-13(3-5-14)6-8-18/h2-5,15,18H,6-12H2,1H3/t15-/m0/s1. The summed E-state index contributed by atoms with van der Waals surface area (Å²) in [5.74, 6) is 0.645. The number of amides is 1. The van der Waals surface area contributed by atoms with Gasteiger partial charge in [0, 0.05) is 33.2 Å². The summed E-state index contributed by atoms with van der Waals surface area (Å²) in [5, 5.41) is 8.89. The van der Waals surface area contributed by atoms with E-state index in [1.807, 2.05) is 4.90 Å². The highest BCUT2D eigenvalue weighted by Crippen LogP contribution is 2.22. The average molecular weight is 277 g/mol. The summed E-state index contributed by atoms with van der Waals surface area (Å²) in [6.45, 7) is 2.32. The lowest BCUT2D eigenvalue weighted by molar-refractivity contribution is -0.128. The zero-order valence-corrected chi connectivity index (χ0v) is 12.0. The molecule has 1 aromatic carbocycles. The van der Waals surface area contributed by atoms with Crippen LogP contribution in [0, 0.1) is 5.92 Å². The Morgan fingerprint density at radius 3 is 2.65 bits per heavy atom. The van der Waals surface area contributed by atoms with Gasteiger partial charge in [-0.05, 0) is 29.9 Å². The summed E-state index contributed by atoms with van der Waals surface area (Å²) in [6, 6.07) is 8.33. The molecule has 1 heterocycles. The normalized spacial score (nSPS) is 18.8. The molecule has 1 fully saturated rings. The molecule has 0 aliphatic carbocycles. The van der Waals surface area contributed by atoms with E-state index in [1.165, 1.54) is 5.56 Å². The maximum absolute atomic E-state index is 11.9. The zero-order valence-electron chi connectivity index (χ0n) is 12.0. The molecule has 1 atom stereocenters. The lowest BCUT2D eigenvalue weighted by Gasteiger charge is -2.16. The Labute approximate surface area is 120 Å². The molecule has 1 aliphatic rings. The molecule has 0 spiro atoms. The van der Waals surface area contributed by atoms with Crippen LogP contribution in [0.4, 0.5) is 0 Å². The van der Waals surface area contributed by atoms with E-state index in [0.717, 1.165) is 18.5 Å².